The smallest absolute Gasteiger partial charge is 0.253 e. The zero-order valence-corrected chi connectivity index (χ0v) is 20.4. The Bertz CT molecular complexity index is 1270. The van der Waals surface area contributed by atoms with Crippen LogP contribution in [0.2, 0.25) is 0 Å². The monoisotopic (exact) mass is 481 g/mol. The number of carbonyl (C=O) groups excluding carboxylic acids is 1. The summed E-state index contributed by atoms with van der Waals surface area (Å²) in [5.74, 6) is 0.376. The van der Waals surface area contributed by atoms with Crippen LogP contribution in [0, 0.1) is 0 Å². The molecule has 0 bridgehead atoms. The van der Waals surface area contributed by atoms with Crippen LogP contribution in [-0.2, 0) is 14.8 Å². The van der Waals surface area contributed by atoms with Crippen molar-refractivity contribution in [1.82, 2.24) is 14.2 Å². The lowest BCUT2D eigenvalue weighted by molar-refractivity contribution is -0.0440. The van der Waals surface area contributed by atoms with Gasteiger partial charge in [0.15, 0.2) is 0 Å². The Morgan fingerprint density at radius 2 is 1.62 bits per heavy atom. The molecule has 0 spiro atoms. The number of hydrogen-bond acceptors (Lipinski definition) is 4. The van der Waals surface area contributed by atoms with Crippen molar-refractivity contribution in [1.29, 1.82) is 0 Å². The Kier molecular flexibility index (Phi) is 6.22. The average molecular weight is 482 g/mol. The number of carbonyl (C=O) groups is 1. The van der Waals surface area contributed by atoms with Crippen molar-refractivity contribution < 1.29 is 17.9 Å². The predicted molar refractivity (Wildman–Crippen MR) is 131 cm³/mol. The van der Waals surface area contributed by atoms with Gasteiger partial charge >= 0.3 is 0 Å². The van der Waals surface area contributed by atoms with Crippen molar-refractivity contribution in [2.75, 3.05) is 26.2 Å². The van der Waals surface area contributed by atoms with Gasteiger partial charge in [0.25, 0.3) is 5.91 Å². The van der Waals surface area contributed by atoms with Crippen LogP contribution >= 0.6 is 0 Å². The maximum Gasteiger partial charge on any atom is 0.253 e. The Balaban J connectivity index is 1.24. The van der Waals surface area contributed by atoms with Gasteiger partial charge in [-0.1, -0.05) is 18.2 Å². The number of hydrogen-bond donors (Lipinski definition) is 1. The lowest BCUT2D eigenvalue weighted by Crippen LogP contribution is -2.48. The third-order valence-corrected chi connectivity index (χ3v) is 8.81. The molecule has 2 fully saturated rings. The first-order valence-corrected chi connectivity index (χ1v) is 13.4. The number of amides is 1. The van der Waals surface area contributed by atoms with E-state index < -0.39 is 10.0 Å². The van der Waals surface area contributed by atoms with Gasteiger partial charge in [-0.05, 0) is 68.5 Å². The Morgan fingerprint density at radius 1 is 0.971 bits per heavy atom. The summed E-state index contributed by atoms with van der Waals surface area (Å²) >= 11 is 0. The highest BCUT2D eigenvalue weighted by Gasteiger charge is 2.32. The van der Waals surface area contributed by atoms with Gasteiger partial charge < -0.3 is 14.6 Å². The van der Waals surface area contributed by atoms with Gasteiger partial charge in [-0.2, -0.15) is 4.31 Å². The molecule has 0 aliphatic carbocycles. The largest absolute Gasteiger partial charge is 0.373 e. The molecule has 0 radical (unpaired) electrons. The molecule has 2 saturated heterocycles. The number of morpholine rings is 1. The molecule has 5 rings (SSSR count). The maximum atomic E-state index is 13.1. The minimum atomic E-state index is -3.62. The van der Waals surface area contributed by atoms with Crippen LogP contribution in [0.3, 0.4) is 0 Å². The molecule has 0 unspecified atom stereocenters. The van der Waals surface area contributed by atoms with E-state index >= 15 is 0 Å². The number of aromatic amines is 1. The maximum absolute atomic E-state index is 13.1. The summed E-state index contributed by atoms with van der Waals surface area (Å²) in [4.78, 5) is 18.5. The van der Waals surface area contributed by atoms with Crippen LogP contribution in [0.15, 0.2) is 59.6 Å². The number of fused-ring (bicyclic) bond motifs is 1. The summed E-state index contributed by atoms with van der Waals surface area (Å²) in [5, 5.41) is 1.26. The molecule has 7 nitrogen and oxygen atoms in total. The van der Waals surface area contributed by atoms with Gasteiger partial charge in [-0.15, -0.1) is 0 Å². The summed E-state index contributed by atoms with van der Waals surface area (Å²) in [7, 11) is -3.62. The number of piperidine rings is 1. The van der Waals surface area contributed by atoms with E-state index in [1.165, 1.54) is 15.3 Å². The Morgan fingerprint density at radius 3 is 2.29 bits per heavy atom. The van der Waals surface area contributed by atoms with E-state index in [2.05, 4.69) is 29.4 Å². The van der Waals surface area contributed by atoms with Crippen molar-refractivity contribution in [3.8, 4) is 0 Å². The van der Waals surface area contributed by atoms with Crippen molar-refractivity contribution in [3.05, 3.63) is 65.9 Å². The molecule has 3 aromatic rings. The fraction of sp³-hybridized carbons (Fsp3) is 0.423. The number of nitrogens with one attached hydrogen (secondary N) is 1. The fourth-order valence-corrected chi connectivity index (χ4v) is 6.84. The molecule has 1 N–H and O–H groups in total. The third kappa shape index (κ3) is 4.37. The second-order valence-corrected chi connectivity index (χ2v) is 11.4. The van der Waals surface area contributed by atoms with Crippen molar-refractivity contribution in [3.63, 3.8) is 0 Å². The van der Waals surface area contributed by atoms with Crippen LogP contribution < -0.4 is 0 Å². The number of benzene rings is 2. The van der Waals surface area contributed by atoms with Gasteiger partial charge in [0, 0.05) is 48.8 Å². The van der Waals surface area contributed by atoms with Crippen LogP contribution in [0.4, 0.5) is 0 Å². The number of sulfonamides is 1. The van der Waals surface area contributed by atoms with E-state index in [0.29, 0.717) is 37.7 Å². The van der Waals surface area contributed by atoms with E-state index in [9.17, 15) is 13.2 Å². The molecular weight excluding hydrogens is 450 g/mol. The summed E-state index contributed by atoms with van der Waals surface area (Å²) in [6, 6.07) is 14.7. The highest BCUT2D eigenvalue weighted by atomic mass is 32.2. The quantitative estimate of drug-likeness (QED) is 0.611. The molecular formula is C26H31N3O4S. The normalized spacial score (nSPS) is 22.8. The van der Waals surface area contributed by atoms with E-state index in [1.54, 1.807) is 24.3 Å². The molecule has 1 amide bonds. The first-order chi connectivity index (χ1) is 16.3. The lowest BCUT2D eigenvalue weighted by atomic mass is 9.89. The van der Waals surface area contributed by atoms with Gasteiger partial charge in [0.1, 0.15) is 0 Å². The standard InChI is InChI=1S/C26H31N3O4S/c1-18-16-29(17-19(2)33-18)34(31,32)22-9-7-21(8-10-22)26(30)28-13-11-20(12-14-28)24-15-27-25-6-4-3-5-23(24)25/h3-10,15,18-20,27H,11-14,16-17H2,1-2H3/t18-,19-/m1/s1. The van der Waals surface area contributed by atoms with Gasteiger partial charge in [0.05, 0.1) is 17.1 Å². The van der Waals surface area contributed by atoms with Crippen LogP contribution in [0.5, 0.6) is 0 Å². The van der Waals surface area contributed by atoms with Crippen molar-refractivity contribution in [2.24, 2.45) is 0 Å². The van der Waals surface area contributed by atoms with Gasteiger partial charge in [0.2, 0.25) is 10.0 Å². The topological polar surface area (TPSA) is 82.7 Å². The van der Waals surface area contributed by atoms with Crippen LogP contribution in [-0.4, -0.2) is 66.9 Å². The number of H-pyrrole nitrogens is 1. The highest BCUT2D eigenvalue weighted by Crippen LogP contribution is 2.33. The molecule has 2 atom stereocenters. The summed E-state index contributed by atoms with van der Waals surface area (Å²) in [6.45, 7) is 5.79. The zero-order chi connectivity index (χ0) is 23.9. The second kappa shape index (κ2) is 9.17. The summed E-state index contributed by atoms with van der Waals surface area (Å²) < 4.78 is 33.3. The number of ether oxygens (including phenoxy) is 1. The molecule has 180 valence electrons. The molecule has 2 aliphatic heterocycles. The number of rotatable bonds is 4. The van der Waals surface area contributed by atoms with E-state index in [0.717, 1.165) is 18.4 Å². The van der Waals surface area contributed by atoms with Crippen LogP contribution in [0.25, 0.3) is 10.9 Å². The SMILES string of the molecule is C[C@@H]1CN(S(=O)(=O)c2ccc(C(=O)N3CCC(c4c[nH]c5ccccc45)CC3)cc2)C[C@@H](C)O1. The average Bonchev–Trinajstić information content (AvgIpc) is 3.27. The highest BCUT2D eigenvalue weighted by molar-refractivity contribution is 7.89. The summed E-state index contributed by atoms with van der Waals surface area (Å²) in [6.07, 6.45) is 3.63. The van der Waals surface area contributed by atoms with Crippen molar-refractivity contribution >= 4 is 26.8 Å². The van der Waals surface area contributed by atoms with E-state index in [-0.39, 0.29) is 23.0 Å². The number of nitrogens with zero attached hydrogens (tertiary/aromatic N) is 2. The third-order valence-electron chi connectivity index (χ3n) is 6.97. The molecule has 3 heterocycles. The fourth-order valence-electron chi connectivity index (χ4n) is 5.25. The van der Waals surface area contributed by atoms with Crippen molar-refractivity contribution in [2.45, 2.75) is 49.7 Å². The van der Waals surface area contributed by atoms with Crippen LogP contribution in [0.1, 0.15) is 48.5 Å². The van der Waals surface area contributed by atoms with Gasteiger partial charge in [-0.25, -0.2) is 8.42 Å². The molecule has 8 heteroatoms. The second-order valence-electron chi connectivity index (χ2n) is 9.46. The first-order valence-electron chi connectivity index (χ1n) is 11.9. The van der Waals surface area contributed by atoms with E-state index in [1.807, 2.05) is 24.8 Å². The summed E-state index contributed by atoms with van der Waals surface area (Å²) in [5.41, 5.74) is 2.99. The zero-order valence-electron chi connectivity index (χ0n) is 19.6. The minimum Gasteiger partial charge on any atom is -0.373 e. The first kappa shape index (κ1) is 23.1. The molecule has 0 saturated carbocycles. The molecule has 2 aliphatic rings. The lowest BCUT2D eigenvalue weighted by Gasteiger charge is -2.34. The Labute approximate surface area is 200 Å². The number of likely N-dealkylation sites (tertiary alicyclic amines) is 1. The van der Waals surface area contributed by atoms with Gasteiger partial charge in [-0.3, -0.25) is 4.79 Å². The number of para-hydroxylation sites is 1. The molecule has 34 heavy (non-hydrogen) atoms. The Hall–Kier alpha value is -2.68. The predicted octanol–water partition coefficient (Wildman–Crippen LogP) is 3.99. The molecule has 1 aromatic heterocycles. The number of aromatic nitrogens is 1. The van der Waals surface area contributed by atoms with E-state index in [4.69, 9.17) is 4.74 Å². The minimum absolute atomic E-state index is 0.0464. The molecule has 2 aromatic carbocycles.